The lowest BCUT2D eigenvalue weighted by Gasteiger charge is -2.59. The monoisotopic (exact) mass is 628 g/mol. The van der Waals surface area contributed by atoms with Gasteiger partial charge >= 0.3 is 6.09 Å². The number of nitrogens with zero attached hydrogens (tertiary/aromatic N) is 1. The van der Waals surface area contributed by atoms with E-state index in [9.17, 15) is 17.6 Å². The molecule has 3 aliphatic carbocycles. The molecule has 10 heteroatoms. The smallest absolute Gasteiger partial charge is 0.407 e. The summed E-state index contributed by atoms with van der Waals surface area (Å²) in [5, 5.41) is 2.91. The molecule has 0 radical (unpaired) electrons. The van der Waals surface area contributed by atoms with Gasteiger partial charge in [-0.15, -0.1) is 0 Å². The molecular formula is C34H45FN2O6S. The van der Waals surface area contributed by atoms with Crippen molar-refractivity contribution < 1.29 is 31.8 Å². The number of benzene rings is 2. The van der Waals surface area contributed by atoms with E-state index in [-0.39, 0.29) is 34.7 Å². The van der Waals surface area contributed by atoms with Crippen molar-refractivity contribution in [1.29, 1.82) is 0 Å². The van der Waals surface area contributed by atoms with E-state index in [1.165, 1.54) is 13.2 Å². The second kappa shape index (κ2) is 13.3. The minimum absolute atomic E-state index is 0.0275. The van der Waals surface area contributed by atoms with Crippen LogP contribution in [0, 0.1) is 17.7 Å². The summed E-state index contributed by atoms with van der Waals surface area (Å²) in [4.78, 5) is 15.3. The number of halogens is 1. The number of ether oxygens (including phenoxy) is 3. The third kappa shape index (κ3) is 6.35. The third-order valence-electron chi connectivity index (χ3n) is 10.4. The summed E-state index contributed by atoms with van der Waals surface area (Å²) in [6, 6.07) is 13.8. The Morgan fingerprint density at radius 2 is 1.70 bits per heavy atom. The number of likely N-dealkylation sites (tertiary alicyclic amines) is 1. The van der Waals surface area contributed by atoms with Crippen LogP contribution in [0.5, 0.6) is 5.75 Å². The van der Waals surface area contributed by atoms with Gasteiger partial charge in [0.05, 0.1) is 35.5 Å². The van der Waals surface area contributed by atoms with E-state index in [1.54, 1.807) is 30.3 Å². The molecule has 1 saturated heterocycles. The predicted molar refractivity (Wildman–Crippen MR) is 165 cm³/mol. The summed E-state index contributed by atoms with van der Waals surface area (Å²) in [6.07, 6.45) is 8.94. The van der Waals surface area contributed by atoms with Gasteiger partial charge in [0.1, 0.15) is 18.2 Å². The van der Waals surface area contributed by atoms with Crippen LogP contribution in [0.3, 0.4) is 0 Å². The molecule has 3 atom stereocenters. The lowest BCUT2D eigenvalue weighted by molar-refractivity contribution is -0.0939. The van der Waals surface area contributed by atoms with Crippen LogP contribution in [0.15, 0.2) is 53.4 Å². The molecule has 1 aliphatic heterocycles. The quantitative estimate of drug-likeness (QED) is 0.295. The molecule has 2 aromatic carbocycles. The molecule has 2 aromatic rings. The van der Waals surface area contributed by atoms with Crippen LogP contribution < -0.4 is 10.1 Å². The summed E-state index contributed by atoms with van der Waals surface area (Å²) in [7, 11) is -1.80. The van der Waals surface area contributed by atoms with Crippen molar-refractivity contribution in [3.63, 3.8) is 0 Å². The average molecular weight is 629 g/mol. The van der Waals surface area contributed by atoms with Gasteiger partial charge in [0.25, 0.3) is 0 Å². The van der Waals surface area contributed by atoms with Gasteiger partial charge in [-0.1, -0.05) is 18.6 Å². The Bertz CT molecular complexity index is 1390. The van der Waals surface area contributed by atoms with Crippen LogP contribution in [0.1, 0.15) is 69.8 Å². The fourth-order valence-electron chi connectivity index (χ4n) is 8.06. The molecule has 4 fully saturated rings. The Balaban J connectivity index is 1.10. The maximum atomic E-state index is 14.8. The standard InChI is InChI=1S/C34H45FN2O6S/c1-41-33(38)36-32-8-3-7-31(32)34(37-19-4-20-37,25-5-2-6-26(35)23-25)24-9-11-27(12-10-24)42-21-22-43-28-13-15-29(16-14-28)44(39,40)30-17-18-30/h2,5-6,13-16,23-24,27,30-32H,3-4,7-12,17-22H2,1H3,(H,36,38)/t24?,27?,31-,32-,34?/m0/s1. The first kappa shape index (κ1) is 31.3. The van der Waals surface area contributed by atoms with E-state index >= 15 is 0 Å². The van der Waals surface area contributed by atoms with Crippen molar-refractivity contribution in [2.24, 2.45) is 11.8 Å². The Labute approximate surface area is 260 Å². The number of alkyl carbamates (subject to hydrolysis) is 1. The number of methoxy groups -OCH3 is 1. The first-order valence-electron chi connectivity index (χ1n) is 16.3. The molecule has 8 nitrogen and oxygen atoms in total. The summed E-state index contributed by atoms with van der Waals surface area (Å²) in [6.45, 7) is 2.78. The second-order valence-corrected chi connectivity index (χ2v) is 15.1. The first-order chi connectivity index (χ1) is 21.3. The van der Waals surface area contributed by atoms with Gasteiger partial charge in [-0.2, -0.15) is 0 Å². The highest BCUT2D eigenvalue weighted by Gasteiger charge is 2.56. The van der Waals surface area contributed by atoms with E-state index in [0.29, 0.717) is 29.8 Å². The second-order valence-electron chi connectivity index (χ2n) is 12.9. The molecule has 1 N–H and O–H groups in total. The highest BCUT2D eigenvalue weighted by Crippen LogP contribution is 2.55. The largest absolute Gasteiger partial charge is 0.491 e. The number of hydrogen-bond donors (Lipinski definition) is 1. The molecule has 6 rings (SSSR count). The van der Waals surface area contributed by atoms with Crippen molar-refractivity contribution in [3.05, 3.63) is 59.9 Å². The lowest BCUT2D eigenvalue weighted by Crippen LogP contribution is -2.64. The topological polar surface area (TPSA) is 94.2 Å². The van der Waals surface area contributed by atoms with E-state index in [0.717, 1.165) is 82.9 Å². The SMILES string of the molecule is COC(=O)N[C@H]1CCC[C@@H]1C(c1cccc(F)c1)(C1CCC(OCCOc2ccc(S(=O)(=O)C3CC3)cc2)CC1)N1CCC1. The van der Waals surface area contributed by atoms with Gasteiger partial charge < -0.3 is 19.5 Å². The Kier molecular flexibility index (Phi) is 9.50. The molecular weight excluding hydrogens is 583 g/mol. The summed E-state index contributed by atoms with van der Waals surface area (Å²) in [5.74, 6) is 0.869. The zero-order chi connectivity index (χ0) is 30.7. The number of rotatable bonds is 12. The van der Waals surface area contributed by atoms with Crippen LogP contribution in [0.2, 0.25) is 0 Å². The molecule has 0 bridgehead atoms. The number of nitrogens with one attached hydrogen (secondary N) is 1. The van der Waals surface area contributed by atoms with Crippen LogP contribution in [0.4, 0.5) is 9.18 Å². The number of amides is 1. The number of carbonyl (C=O) groups is 1. The molecule has 1 unspecified atom stereocenters. The number of carbonyl (C=O) groups excluding carboxylic acids is 1. The highest BCUT2D eigenvalue weighted by atomic mass is 32.2. The fourth-order valence-corrected chi connectivity index (χ4v) is 9.72. The Morgan fingerprint density at radius 3 is 2.34 bits per heavy atom. The van der Waals surface area contributed by atoms with Crippen LogP contribution in [-0.4, -0.2) is 70.2 Å². The van der Waals surface area contributed by atoms with E-state index in [4.69, 9.17) is 14.2 Å². The average Bonchev–Trinajstić information content (AvgIpc) is 3.78. The predicted octanol–water partition coefficient (Wildman–Crippen LogP) is 5.84. The van der Waals surface area contributed by atoms with Gasteiger partial charge in [-0.05, 0) is 106 Å². The maximum absolute atomic E-state index is 14.8. The number of sulfone groups is 1. The fraction of sp³-hybridized carbons (Fsp3) is 0.618. The zero-order valence-corrected chi connectivity index (χ0v) is 26.4. The van der Waals surface area contributed by atoms with Crippen LogP contribution in [0.25, 0.3) is 0 Å². The molecule has 240 valence electrons. The summed E-state index contributed by atoms with van der Waals surface area (Å²) in [5.41, 5.74) is 0.657. The highest BCUT2D eigenvalue weighted by molar-refractivity contribution is 7.92. The molecule has 44 heavy (non-hydrogen) atoms. The van der Waals surface area contributed by atoms with E-state index in [2.05, 4.69) is 16.3 Å². The van der Waals surface area contributed by atoms with E-state index < -0.39 is 15.9 Å². The number of hydrogen-bond acceptors (Lipinski definition) is 7. The Morgan fingerprint density at radius 1 is 0.955 bits per heavy atom. The maximum Gasteiger partial charge on any atom is 0.407 e. The van der Waals surface area contributed by atoms with Crippen LogP contribution in [-0.2, 0) is 24.8 Å². The summed E-state index contributed by atoms with van der Waals surface area (Å²) >= 11 is 0. The summed E-state index contributed by atoms with van der Waals surface area (Å²) < 4.78 is 56.7. The molecule has 1 heterocycles. The lowest BCUT2D eigenvalue weighted by atomic mass is 9.61. The van der Waals surface area contributed by atoms with Crippen LogP contribution >= 0.6 is 0 Å². The normalized spacial score (nSPS) is 27.2. The minimum atomic E-state index is -3.20. The van der Waals surface area contributed by atoms with Gasteiger partial charge in [-0.25, -0.2) is 17.6 Å². The zero-order valence-electron chi connectivity index (χ0n) is 25.6. The Hall–Kier alpha value is -2.69. The van der Waals surface area contributed by atoms with Gasteiger partial charge in [-0.3, -0.25) is 4.90 Å². The minimum Gasteiger partial charge on any atom is -0.491 e. The molecule has 0 aromatic heterocycles. The molecule has 1 amide bonds. The van der Waals surface area contributed by atoms with Crippen molar-refractivity contribution >= 4 is 15.9 Å². The molecule has 4 aliphatic rings. The van der Waals surface area contributed by atoms with Gasteiger partial charge in [0, 0.05) is 25.0 Å². The van der Waals surface area contributed by atoms with Crippen molar-refractivity contribution in [3.8, 4) is 5.75 Å². The first-order valence-corrected chi connectivity index (χ1v) is 17.8. The van der Waals surface area contributed by atoms with Crippen molar-refractivity contribution in [2.45, 2.75) is 92.0 Å². The van der Waals surface area contributed by atoms with Crippen molar-refractivity contribution in [2.75, 3.05) is 33.4 Å². The molecule has 3 saturated carbocycles. The van der Waals surface area contributed by atoms with Gasteiger partial charge in [0.2, 0.25) is 0 Å². The van der Waals surface area contributed by atoms with Gasteiger partial charge in [0.15, 0.2) is 9.84 Å². The van der Waals surface area contributed by atoms with Crippen molar-refractivity contribution in [1.82, 2.24) is 10.2 Å². The van der Waals surface area contributed by atoms with E-state index in [1.807, 2.05) is 6.07 Å². The third-order valence-corrected chi connectivity index (χ3v) is 12.6. The molecule has 0 spiro atoms.